The first-order valence-electron chi connectivity index (χ1n) is 6.68. The molecule has 0 saturated heterocycles. The Bertz CT molecular complexity index is 523. The standard InChI is InChI=1S/C15H20N2O4/c1-9(2)13(15(20)21)17-14(19)12-6-4-11(5-7-12)8-16-10(3)18/h4-7,9,13H,8H2,1-3H3,(H,16,18)(H,17,19)(H,20,21)/t13-/m1/s1. The van der Waals surface area contributed by atoms with Crippen LogP contribution in [0.3, 0.4) is 0 Å². The minimum Gasteiger partial charge on any atom is -0.480 e. The Kier molecular flexibility index (Phi) is 5.90. The van der Waals surface area contributed by atoms with Gasteiger partial charge in [-0.3, -0.25) is 9.59 Å². The molecule has 0 aliphatic carbocycles. The smallest absolute Gasteiger partial charge is 0.326 e. The number of nitrogens with one attached hydrogen (secondary N) is 2. The fraction of sp³-hybridized carbons (Fsp3) is 0.400. The number of hydrogen-bond acceptors (Lipinski definition) is 3. The second kappa shape index (κ2) is 7.42. The number of carboxylic acid groups (broad SMARTS) is 1. The lowest BCUT2D eigenvalue weighted by Crippen LogP contribution is -2.44. The summed E-state index contributed by atoms with van der Waals surface area (Å²) in [5.74, 6) is -1.81. The van der Waals surface area contributed by atoms with Crippen LogP contribution in [0, 0.1) is 5.92 Å². The Labute approximate surface area is 123 Å². The third-order valence-corrected chi connectivity index (χ3v) is 2.98. The first-order chi connectivity index (χ1) is 9.81. The van der Waals surface area contributed by atoms with Crippen LogP contribution in [0.2, 0.25) is 0 Å². The number of benzene rings is 1. The maximum absolute atomic E-state index is 12.0. The number of rotatable bonds is 6. The summed E-state index contributed by atoms with van der Waals surface area (Å²) in [6, 6.07) is 5.72. The molecule has 6 nitrogen and oxygen atoms in total. The molecule has 0 spiro atoms. The van der Waals surface area contributed by atoms with Crippen LogP contribution in [0.5, 0.6) is 0 Å². The van der Waals surface area contributed by atoms with Gasteiger partial charge in [0, 0.05) is 19.0 Å². The number of hydrogen-bond donors (Lipinski definition) is 3. The van der Waals surface area contributed by atoms with Gasteiger partial charge in [-0.05, 0) is 23.6 Å². The summed E-state index contributed by atoms with van der Waals surface area (Å²) in [7, 11) is 0. The average molecular weight is 292 g/mol. The van der Waals surface area contributed by atoms with Gasteiger partial charge in [-0.15, -0.1) is 0 Å². The fourth-order valence-corrected chi connectivity index (χ4v) is 1.74. The lowest BCUT2D eigenvalue weighted by Gasteiger charge is -2.17. The molecule has 0 aliphatic rings. The predicted octanol–water partition coefficient (Wildman–Crippen LogP) is 1.16. The van der Waals surface area contributed by atoms with E-state index in [1.165, 1.54) is 6.92 Å². The molecule has 2 amide bonds. The minimum absolute atomic E-state index is 0.127. The topological polar surface area (TPSA) is 95.5 Å². The van der Waals surface area contributed by atoms with Crippen LogP contribution in [0.4, 0.5) is 0 Å². The van der Waals surface area contributed by atoms with Gasteiger partial charge in [0.25, 0.3) is 5.91 Å². The SMILES string of the molecule is CC(=O)NCc1ccc(C(=O)N[C@@H](C(=O)O)C(C)C)cc1. The molecule has 1 aromatic rings. The van der Waals surface area contributed by atoms with Gasteiger partial charge in [0.05, 0.1) is 0 Å². The van der Waals surface area contributed by atoms with Gasteiger partial charge in [0.1, 0.15) is 6.04 Å². The number of aliphatic carboxylic acids is 1. The molecular weight excluding hydrogens is 272 g/mol. The number of carbonyl (C=O) groups is 3. The summed E-state index contributed by atoms with van der Waals surface area (Å²) in [6.45, 7) is 5.28. The summed E-state index contributed by atoms with van der Waals surface area (Å²) < 4.78 is 0. The van der Waals surface area contributed by atoms with Crippen LogP contribution in [-0.2, 0) is 16.1 Å². The zero-order chi connectivity index (χ0) is 16.0. The first kappa shape index (κ1) is 16.7. The fourth-order valence-electron chi connectivity index (χ4n) is 1.74. The molecule has 21 heavy (non-hydrogen) atoms. The van der Waals surface area contributed by atoms with Gasteiger partial charge in [-0.25, -0.2) is 4.79 Å². The Morgan fingerprint density at radius 2 is 1.71 bits per heavy atom. The molecular formula is C15H20N2O4. The van der Waals surface area contributed by atoms with Crippen molar-refractivity contribution in [3.63, 3.8) is 0 Å². The van der Waals surface area contributed by atoms with E-state index < -0.39 is 17.9 Å². The third-order valence-electron chi connectivity index (χ3n) is 2.98. The van der Waals surface area contributed by atoms with E-state index in [4.69, 9.17) is 5.11 Å². The Morgan fingerprint density at radius 3 is 2.14 bits per heavy atom. The Balaban J connectivity index is 2.70. The van der Waals surface area contributed by atoms with Crippen LogP contribution in [-0.4, -0.2) is 28.9 Å². The molecule has 114 valence electrons. The lowest BCUT2D eigenvalue weighted by molar-refractivity contribution is -0.140. The molecule has 1 aromatic carbocycles. The van der Waals surface area contributed by atoms with Crippen LogP contribution in [0.15, 0.2) is 24.3 Å². The van der Waals surface area contributed by atoms with Crippen LogP contribution < -0.4 is 10.6 Å². The highest BCUT2D eigenvalue weighted by atomic mass is 16.4. The molecule has 1 rings (SSSR count). The number of carboxylic acids is 1. The van der Waals surface area contributed by atoms with Gasteiger partial charge in [-0.1, -0.05) is 26.0 Å². The molecule has 0 fully saturated rings. The van der Waals surface area contributed by atoms with Crippen LogP contribution in [0.25, 0.3) is 0 Å². The van der Waals surface area contributed by atoms with E-state index in [2.05, 4.69) is 10.6 Å². The Hall–Kier alpha value is -2.37. The highest BCUT2D eigenvalue weighted by Gasteiger charge is 2.23. The normalized spacial score (nSPS) is 11.8. The van der Waals surface area contributed by atoms with E-state index in [1.807, 2.05) is 0 Å². The molecule has 3 N–H and O–H groups in total. The lowest BCUT2D eigenvalue weighted by atomic mass is 10.0. The molecule has 0 aliphatic heterocycles. The predicted molar refractivity (Wildman–Crippen MR) is 77.7 cm³/mol. The van der Waals surface area contributed by atoms with E-state index in [-0.39, 0.29) is 11.8 Å². The van der Waals surface area contributed by atoms with E-state index in [9.17, 15) is 14.4 Å². The van der Waals surface area contributed by atoms with E-state index in [0.29, 0.717) is 12.1 Å². The second-order valence-electron chi connectivity index (χ2n) is 5.14. The minimum atomic E-state index is -1.05. The van der Waals surface area contributed by atoms with Crippen molar-refractivity contribution in [2.75, 3.05) is 0 Å². The van der Waals surface area contributed by atoms with Crippen molar-refractivity contribution < 1.29 is 19.5 Å². The first-order valence-corrected chi connectivity index (χ1v) is 6.68. The number of carbonyl (C=O) groups excluding carboxylic acids is 2. The van der Waals surface area contributed by atoms with Gasteiger partial charge in [0.15, 0.2) is 0 Å². The molecule has 0 aromatic heterocycles. The molecule has 0 radical (unpaired) electrons. The van der Waals surface area contributed by atoms with Crippen molar-refractivity contribution in [2.45, 2.75) is 33.4 Å². The van der Waals surface area contributed by atoms with E-state index >= 15 is 0 Å². The van der Waals surface area contributed by atoms with Crippen molar-refractivity contribution in [3.05, 3.63) is 35.4 Å². The molecule has 0 bridgehead atoms. The Morgan fingerprint density at radius 1 is 1.14 bits per heavy atom. The zero-order valence-corrected chi connectivity index (χ0v) is 12.3. The molecule has 0 unspecified atom stereocenters. The number of amides is 2. The van der Waals surface area contributed by atoms with Crippen LogP contribution in [0.1, 0.15) is 36.7 Å². The summed E-state index contributed by atoms with van der Waals surface area (Å²) in [4.78, 5) is 33.9. The molecule has 0 heterocycles. The summed E-state index contributed by atoms with van der Waals surface area (Å²) in [6.07, 6.45) is 0. The van der Waals surface area contributed by atoms with Crippen molar-refractivity contribution in [3.8, 4) is 0 Å². The maximum Gasteiger partial charge on any atom is 0.326 e. The van der Waals surface area contributed by atoms with Crippen LogP contribution >= 0.6 is 0 Å². The van der Waals surface area contributed by atoms with Crippen molar-refractivity contribution >= 4 is 17.8 Å². The third kappa shape index (κ3) is 5.25. The summed E-state index contributed by atoms with van der Waals surface area (Å²) >= 11 is 0. The van der Waals surface area contributed by atoms with E-state index in [1.54, 1.807) is 38.1 Å². The van der Waals surface area contributed by atoms with Crippen molar-refractivity contribution in [2.24, 2.45) is 5.92 Å². The van der Waals surface area contributed by atoms with Gasteiger partial charge < -0.3 is 15.7 Å². The van der Waals surface area contributed by atoms with Gasteiger partial charge >= 0.3 is 5.97 Å². The monoisotopic (exact) mass is 292 g/mol. The molecule has 0 saturated carbocycles. The van der Waals surface area contributed by atoms with Gasteiger partial charge in [-0.2, -0.15) is 0 Å². The molecule has 6 heteroatoms. The quantitative estimate of drug-likeness (QED) is 0.733. The summed E-state index contributed by atoms with van der Waals surface area (Å²) in [5.41, 5.74) is 1.24. The van der Waals surface area contributed by atoms with Crippen molar-refractivity contribution in [1.82, 2.24) is 10.6 Å². The highest BCUT2D eigenvalue weighted by molar-refractivity contribution is 5.96. The van der Waals surface area contributed by atoms with E-state index in [0.717, 1.165) is 5.56 Å². The molecule has 1 atom stereocenters. The zero-order valence-electron chi connectivity index (χ0n) is 12.3. The van der Waals surface area contributed by atoms with Gasteiger partial charge in [0.2, 0.25) is 5.91 Å². The van der Waals surface area contributed by atoms with Crippen molar-refractivity contribution in [1.29, 1.82) is 0 Å². The summed E-state index contributed by atoms with van der Waals surface area (Å²) in [5, 5.41) is 14.2. The highest BCUT2D eigenvalue weighted by Crippen LogP contribution is 2.07. The maximum atomic E-state index is 12.0. The average Bonchev–Trinajstić information content (AvgIpc) is 2.42. The largest absolute Gasteiger partial charge is 0.480 e. The second-order valence-corrected chi connectivity index (χ2v) is 5.14.